The minimum absolute atomic E-state index is 0.197. The Morgan fingerprint density at radius 1 is 1.19 bits per heavy atom. The highest BCUT2D eigenvalue weighted by Gasteiger charge is 2.83. The lowest BCUT2D eigenvalue weighted by molar-refractivity contribution is -0.147. The number of hydrogen-bond acceptors (Lipinski definition) is 4. The molecule has 2 fully saturated rings. The molecule has 0 spiro atoms. The summed E-state index contributed by atoms with van der Waals surface area (Å²) in [5.41, 5.74) is 0.866. The topological polar surface area (TPSA) is 63.7 Å². The van der Waals surface area contributed by atoms with E-state index in [2.05, 4.69) is 0 Å². The summed E-state index contributed by atoms with van der Waals surface area (Å²) in [6.45, 7) is 3.79. The monoisotopic (exact) mass is 383 g/mol. The summed E-state index contributed by atoms with van der Waals surface area (Å²) in [7, 11) is 0. The number of halogens is 1. The summed E-state index contributed by atoms with van der Waals surface area (Å²) < 4.78 is 5.14. The Kier molecular flexibility index (Phi) is 4.07. The highest BCUT2D eigenvalue weighted by Crippen LogP contribution is 2.66. The van der Waals surface area contributed by atoms with Crippen LogP contribution in [0.3, 0.4) is 0 Å². The number of rotatable bonds is 4. The fourth-order valence-electron chi connectivity index (χ4n) is 4.19. The van der Waals surface area contributed by atoms with Gasteiger partial charge in [0.15, 0.2) is 0 Å². The van der Waals surface area contributed by atoms with Crippen molar-refractivity contribution in [3.8, 4) is 0 Å². The SMILES string of the molecule is CCOC(=O)C1C2C(=O)N(c3cccc(C)c3)C(=O)C12c1ccc(Cl)cc1. The largest absolute Gasteiger partial charge is 0.466 e. The second-order valence-electron chi connectivity index (χ2n) is 6.90. The number of esters is 1. The van der Waals surface area contributed by atoms with Gasteiger partial charge in [0.05, 0.1) is 24.1 Å². The number of carbonyl (C=O) groups excluding carboxylic acids is 3. The van der Waals surface area contributed by atoms with E-state index in [0.29, 0.717) is 16.3 Å². The van der Waals surface area contributed by atoms with Gasteiger partial charge in [-0.1, -0.05) is 35.9 Å². The van der Waals surface area contributed by atoms with Gasteiger partial charge in [0, 0.05) is 5.02 Å². The predicted octanol–water partition coefficient (Wildman–Crippen LogP) is 3.27. The van der Waals surface area contributed by atoms with E-state index >= 15 is 0 Å². The minimum Gasteiger partial charge on any atom is -0.466 e. The van der Waals surface area contributed by atoms with Gasteiger partial charge in [-0.25, -0.2) is 4.90 Å². The third kappa shape index (κ3) is 2.42. The van der Waals surface area contributed by atoms with Crippen molar-refractivity contribution in [3.05, 3.63) is 64.7 Å². The quantitative estimate of drug-likeness (QED) is 0.600. The first-order chi connectivity index (χ1) is 12.9. The summed E-state index contributed by atoms with van der Waals surface area (Å²) in [5.74, 6) is -2.80. The van der Waals surface area contributed by atoms with Crippen molar-refractivity contribution in [2.24, 2.45) is 11.8 Å². The third-order valence-electron chi connectivity index (χ3n) is 5.37. The van der Waals surface area contributed by atoms with E-state index in [1.54, 1.807) is 49.4 Å². The van der Waals surface area contributed by atoms with Gasteiger partial charge in [0.2, 0.25) is 11.8 Å². The number of carbonyl (C=O) groups is 3. The van der Waals surface area contributed by atoms with Crippen LogP contribution in [0.15, 0.2) is 48.5 Å². The number of nitrogens with zero attached hydrogens (tertiary/aromatic N) is 1. The highest BCUT2D eigenvalue weighted by atomic mass is 35.5. The van der Waals surface area contributed by atoms with Crippen LogP contribution in [0.5, 0.6) is 0 Å². The summed E-state index contributed by atoms with van der Waals surface area (Å²) in [6.07, 6.45) is 0. The molecule has 5 nitrogen and oxygen atoms in total. The molecule has 1 heterocycles. The zero-order valence-corrected chi connectivity index (χ0v) is 15.7. The lowest BCUT2D eigenvalue weighted by Crippen LogP contribution is -2.40. The molecule has 27 heavy (non-hydrogen) atoms. The fourth-order valence-corrected chi connectivity index (χ4v) is 4.32. The normalized spacial score (nSPS) is 26.1. The van der Waals surface area contributed by atoms with Gasteiger partial charge < -0.3 is 4.74 Å². The number of ether oxygens (including phenoxy) is 1. The fraction of sp³-hybridized carbons (Fsp3) is 0.286. The van der Waals surface area contributed by atoms with Gasteiger partial charge >= 0.3 is 5.97 Å². The smallest absolute Gasteiger partial charge is 0.311 e. The number of imide groups is 1. The van der Waals surface area contributed by atoms with E-state index in [4.69, 9.17) is 16.3 Å². The number of piperidine rings is 1. The first kappa shape index (κ1) is 17.7. The molecule has 0 N–H and O–H groups in total. The lowest BCUT2D eigenvalue weighted by Gasteiger charge is -2.22. The van der Waals surface area contributed by atoms with E-state index in [9.17, 15) is 14.4 Å². The zero-order valence-electron chi connectivity index (χ0n) is 14.9. The van der Waals surface area contributed by atoms with Crippen LogP contribution >= 0.6 is 11.6 Å². The number of amides is 2. The molecule has 2 aromatic carbocycles. The lowest BCUT2D eigenvalue weighted by atomic mass is 9.91. The van der Waals surface area contributed by atoms with Crippen LogP contribution in [0.2, 0.25) is 5.02 Å². The molecule has 1 saturated carbocycles. The molecule has 2 aromatic rings. The Bertz CT molecular complexity index is 955. The molecule has 0 bridgehead atoms. The maximum Gasteiger partial charge on any atom is 0.311 e. The van der Waals surface area contributed by atoms with Crippen molar-refractivity contribution in [1.29, 1.82) is 0 Å². The average molecular weight is 384 g/mol. The van der Waals surface area contributed by atoms with Gasteiger partial charge in [-0.2, -0.15) is 0 Å². The van der Waals surface area contributed by atoms with E-state index in [1.807, 2.05) is 13.0 Å². The maximum absolute atomic E-state index is 13.5. The molecule has 0 aromatic heterocycles. The first-order valence-corrected chi connectivity index (χ1v) is 9.18. The van der Waals surface area contributed by atoms with E-state index < -0.39 is 23.2 Å². The van der Waals surface area contributed by atoms with Crippen molar-refractivity contribution in [2.75, 3.05) is 11.5 Å². The average Bonchev–Trinajstić information content (AvgIpc) is 3.28. The molecule has 3 unspecified atom stereocenters. The summed E-state index contributed by atoms with van der Waals surface area (Å²) in [6, 6.07) is 13.9. The van der Waals surface area contributed by atoms with Crippen LogP contribution in [0.1, 0.15) is 18.1 Å². The van der Waals surface area contributed by atoms with Gasteiger partial charge in [0.1, 0.15) is 5.41 Å². The molecule has 1 saturated heterocycles. The van der Waals surface area contributed by atoms with Crippen LogP contribution in [-0.4, -0.2) is 24.4 Å². The second-order valence-corrected chi connectivity index (χ2v) is 7.34. The summed E-state index contributed by atoms with van der Waals surface area (Å²) >= 11 is 5.98. The molecule has 1 aliphatic carbocycles. The Labute approximate surface area is 161 Å². The number of hydrogen-bond donors (Lipinski definition) is 0. The van der Waals surface area contributed by atoms with Gasteiger partial charge in [0.25, 0.3) is 0 Å². The Balaban J connectivity index is 1.81. The van der Waals surface area contributed by atoms with Crippen molar-refractivity contribution >= 4 is 35.1 Å². The molecule has 2 amide bonds. The zero-order chi connectivity index (χ0) is 19.3. The van der Waals surface area contributed by atoms with Gasteiger partial charge in [-0.05, 0) is 49.2 Å². The van der Waals surface area contributed by atoms with Crippen LogP contribution in [-0.2, 0) is 24.5 Å². The third-order valence-corrected chi connectivity index (χ3v) is 5.62. The van der Waals surface area contributed by atoms with Crippen LogP contribution in [0.4, 0.5) is 5.69 Å². The molecule has 4 rings (SSSR count). The Morgan fingerprint density at radius 3 is 2.52 bits per heavy atom. The Hall–Kier alpha value is -2.66. The molecule has 3 atom stereocenters. The standard InChI is InChI=1S/C21H18ClNO4/c1-3-27-19(25)17-16-18(24)23(15-6-4-5-12(2)11-15)20(26)21(16,17)13-7-9-14(22)10-8-13/h4-11,16-17H,3H2,1-2H3. The van der Waals surface area contributed by atoms with Crippen molar-refractivity contribution in [3.63, 3.8) is 0 Å². The van der Waals surface area contributed by atoms with Gasteiger partial charge in [-0.3, -0.25) is 14.4 Å². The summed E-state index contributed by atoms with van der Waals surface area (Å²) in [4.78, 5) is 40.2. The van der Waals surface area contributed by atoms with Gasteiger partial charge in [-0.15, -0.1) is 0 Å². The Morgan fingerprint density at radius 2 is 1.89 bits per heavy atom. The van der Waals surface area contributed by atoms with Crippen LogP contribution in [0, 0.1) is 18.8 Å². The highest BCUT2D eigenvalue weighted by molar-refractivity contribution is 6.32. The van der Waals surface area contributed by atoms with E-state index in [1.165, 1.54) is 4.90 Å². The summed E-state index contributed by atoms with van der Waals surface area (Å²) in [5, 5.41) is 0.521. The van der Waals surface area contributed by atoms with E-state index in [0.717, 1.165) is 5.56 Å². The van der Waals surface area contributed by atoms with Crippen molar-refractivity contribution < 1.29 is 19.1 Å². The first-order valence-electron chi connectivity index (χ1n) is 8.80. The molecule has 138 valence electrons. The molecular weight excluding hydrogens is 366 g/mol. The second kappa shape index (κ2) is 6.20. The molecule has 2 aliphatic rings. The number of benzene rings is 2. The molecular formula is C21H18ClNO4. The molecule has 6 heteroatoms. The van der Waals surface area contributed by atoms with Crippen LogP contribution in [0.25, 0.3) is 0 Å². The van der Waals surface area contributed by atoms with E-state index in [-0.39, 0.29) is 18.4 Å². The maximum atomic E-state index is 13.5. The molecule has 1 aliphatic heterocycles. The number of anilines is 1. The molecule has 0 radical (unpaired) electrons. The minimum atomic E-state index is -1.21. The van der Waals surface area contributed by atoms with Crippen LogP contribution < -0.4 is 4.90 Å². The van der Waals surface area contributed by atoms with Crippen molar-refractivity contribution in [2.45, 2.75) is 19.3 Å². The number of fused-ring (bicyclic) bond motifs is 1. The van der Waals surface area contributed by atoms with Crippen molar-refractivity contribution in [1.82, 2.24) is 0 Å². The predicted molar refractivity (Wildman–Crippen MR) is 100 cm³/mol. The number of aryl methyl sites for hydroxylation is 1.